The predicted octanol–water partition coefficient (Wildman–Crippen LogP) is 3.03. The van der Waals surface area contributed by atoms with Gasteiger partial charge in [-0.1, -0.05) is 12.1 Å². The number of aldehydes is 1. The third kappa shape index (κ3) is 3.92. The van der Waals surface area contributed by atoms with Crippen LogP contribution in [0.3, 0.4) is 0 Å². The zero-order valence-electron chi connectivity index (χ0n) is 8.67. The monoisotopic (exact) mass is 232 g/mol. The molecule has 2 nitrogen and oxygen atoms in total. The molecule has 0 spiro atoms. The van der Waals surface area contributed by atoms with Crippen LogP contribution in [0.5, 0.6) is 5.75 Å². The summed E-state index contributed by atoms with van der Waals surface area (Å²) in [4.78, 5) is 10.1. The number of rotatable bonds is 4. The molecule has 0 bridgehead atoms. The fourth-order valence-electron chi connectivity index (χ4n) is 1.33. The van der Waals surface area contributed by atoms with Gasteiger partial charge in [-0.2, -0.15) is 0 Å². The van der Waals surface area contributed by atoms with Crippen molar-refractivity contribution in [3.05, 3.63) is 29.3 Å². The normalized spacial score (nSPS) is 11.2. The smallest absolute Gasteiger partial charge is 0.406 e. The lowest BCUT2D eigenvalue weighted by Gasteiger charge is -2.12. The van der Waals surface area contributed by atoms with E-state index < -0.39 is 6.36 Å². The van der Waals surface area contributed by atoms with Crippen LogP contribution >= 0.6 is 0 Å². The molecule has 0 saturated heterocycles. The summed E-state index contributed by atoms with van der Waals surface area (Å²) in [6.07, 6.45) is -3.01. The first kappa shape index (κ1) is 12.5. The van der Waals surface area contributed by atoms with Crippen LogP contribution in [0, 0.1) is 6.92 Å². The highest BCUT2D eigenvalue weighted by atomic mass is 19.4. The van der Waals surface area contributed by atoms with E-state index in [4.69, 9.17) is 0 Å². The fourth-order valence-corrected chi connectivity index (χ4v) is 1.33. The van der Waals surface area contributed by atoms with Crippen molar-refractivity contribution < 1.29 is 22.7 Å². The maximum absolute atomic E-state index is 12.0. The highest BCUT2D eigenvalue weighted by Gasteiger charge is 2.31. The number of aryl methyl sites for hydroxylation is 2. The number of hydrogen-bond donors (Lipinski definition) is 0. The van der Waals surface area contributed by atoms with Crippen molar-refractivity contribution in [1.29, 1.82) is 0 Å². The van der Waals surface area contributed by atoms with Gasteiger partial charge < -0.3 is 9.53 Å². The Balaban J connectivity index is 2.79. The van der Waals surface area contributed by atoms with Crippen LogP contribution in [0.1, 0.15) is 17.5 Å². The molecular weight excluding hydrogens is 221 g/mol. The summed E-state index contributed by atoms with van der Waals surface area (Å²) in [6, 6.07) is 4.38. The second kappa shape index (κ2) is 5.01. The van der Waals surface area contributed by atoms with Crippen molar-refractivity contribution in [2.24, 2.45) is 0 Å². The summed E-state index contributed by atoms with van der Waals surface area (Å²) in [6.45, 7) is 1.53. The van der Waals surface area contributed by atoms with Gasteiger partial charge in [-0.05, 0) is 30.5 Å². The molecule has 0 amide bonds. The summed E-state index contributed by atoms with van der Waals surface area (Å²) < 4.78 is 39.7. The molecule has 5 heteroatoms. The second-order valence-corrected chi connectivity index (χ2v) is 3.35. The zero-order valence-corrected chi connectivity index (χ0v) is 8.67. The van der Waals surface area contributed by atoms with Gasteiger partial charge in [-0.3, -0.25) is 0 Å². The highest BCUT2D eigenvalue weighted by molar-refractivity contribution is 5.50. The molecule has 0 fully saturated rings. The van der Waals surface area contributed by atoms with Crippen LogP contribution < -0.4 is 4.74 Å². The second-order valence-electron chi connectivity index (χ2n) is 3.35. The molecule has 1 rings (SSSR count). The molecule has 0 radical (unpaired) electrons. The number of benzene rings is 1. The Morgan fingerprint density at radius 1 is 1.38 bits per heavy atom. The van der Waals surface area contributed by atoms with Crippen molar-refractivity contribution in [3.63, 3.8) is 0 Å². The number of carbonyl (C=O) groups excluding carboxylic acids is 1. The molecule has 0 unspecified atom stereocenters. The Labute approximate surface area is 91.0 Å². The van der Waals surface area contributed by atoms with Crippen LogP contribution in [0.25, 0.3) is 0 Å². The standard InChI is InChI=1S/C11H11F3O2/c1-8-7-9(3-2-6-15)4-5-10(8)16-11(12,13)14/h4-7H,2-3H2,1H3. The van der Waals surface area contributed by atoms with E-state index in [1.54, 1.807) is 6.07 Å². The van der Waals surface area contributed by atoms with Gasteiger partial charge in [-0.15, -0.1) is 13.2 Å². The number of ether oxygens (including phenoxy) is 1. The summed E-state index contributed by atoms with van der Waals surface area (Å²) >= 11 is 0. The lowest BCUT2D eigenvalue weighted by Crippen LogP contribution is -2.17. The minimum absolute atomic E-state index is 0.206. The van der Waals surface area contributed by atoms with Crippen LogP contribution in [0.4, 0.5) is 13.2 Å². The minimum atomic E-state index is -4.67. The van der Waals surface area contributed by atoms with E-state index in [1.807, 2.05) is 0 Å². The Morgan fingerprint density at radius 2 is 2.06 bits per heavy atom. The van der Waals surface area contributed by atoms with E-state index in [1.165, 1.54) is 19.1 Å². The van der Waals surface area contributed by atoms with Crippen molar-refractivity contribution in [3.8, 4) is 5.75 Å². The molecule has 1 aromatic carbocycles. The SMILES string of the molecule is Cc1cc(CCC=O)ccc1OC(F)(F)F. The number of carbonyl (C=O) groups is 1. The molecule has 0 aliphatic heterocycles. The molecule has 0 aliphatic rings. The minimum Gasteiger partial charge on any atom is -0.406 e. The molecule has 0 N–H and O–H groups in total. The van der Waals surface area contributed by atoms with E-state index in [-0.39, 0.29) is 5.75 Å². The molecule has 16 heavy (non-hydrogen) atoms. The van der Waals surface area contributed by atoms with Gasteiger partial charge in [0, 0.05) is 6.42 Å². The van der Waals surface area contributed by atoms with Gasteiger partial charge in [0.15, 0.2) is 0 Å². The lowest BCUT2D eigenvalue weighted by atomic mass is 10.1. The Morgan fingerprint density at radius 3 is 2.56 bits per heavy atom. The fraction of sp³-hybridized carbons (Fsp3) is 0.364. The van der Waals surface area contributed by atoms with E-state index >= 15 is 0 Å². The van der Waals surface area contributed by atoms with Gasteiger partial charge in [0.1, 0.15) is 12.0 Å². The summed E-state index contributed by atoms with van der Waals surface area (Å²) in [5.74, 6) is -0.206. The largest absolute Gasteiger partial charge is 0.573 e. The highest BCUT2D eigenvalue weighted by Crippen LogP contribution is 2.26. The van der Waals surface area contributed by atoms with Gasteiger partial charge in [0.2, 0.25) is 0 Å². The maximum Gasteiger partial charge on any atom is 0.573 e. The van der Waals surface area contributed by atoms with Crippen LogP contribution in [0.15, 0.2) is 18.2 Å². The molecule has 0 aliphatic carbocycles. The van der Waals surface area contributed by atoms with E-state index in [2.05, 4.69) is 4.74 Å². The predicted molar refractivity (Wildman–Crippen MR) is 52.2 cm³/mol. The molecular formula is C11H11F3O2. The average molecular weight is 232 g/mol. The molecule has 0 aromatic heterocycles. The van der Waals surface area contributed by atoms with Crippen molar-refractivity contribution >= 4 is 6.29 Å². The third-order valence-electron chi connectivity index (χ3n) is 2.02. The summed E-state index contributed by atoms with van der Waals surface area (Å²) in [7, 11) is 0. The lowest BCUT2D eigenvalue weighted by molar-refractivity contribution is -0.274. The molecule has 0 heterocycles. The first-order valence-electron chi connectivity index (χ1n) is 4.71. The van der Waals surface area contributed by atoms with E-state index in [0.717, 1.165) is 11.8 Å². The first-order valence-corrected chi connectivity index (χ1v) is 4.71. The average Bonchev–Trinajstić information content (AvgIpc) is 2.17. The van der Waals surface area contributed by atoms with E-state index in [0.29, 0.717) is 18.4 Å². The Hall–Kier alpha value is -1.52. The maximum atomic E-state index is 12.0. The zero-order chi connectivity index (χ0) is 12.2. The van der Waals surface area contributed by atoms with Crippen molar-refractivity contribution in [1.82, 2.24) is 0 Å². The third-order valence-corrected chi connectivity index (χ3v) is 2.02. The Kier molecular flexibility index (Phi) is 3.93. The van der Waals surface area contributed by atoms with Gasteiger partial charge in [0.25, 0.3) is 0 Å². The molecule has 1 aromatic rings. The summed E-state index contributed by atoms with van der Waals surface area (Å²) in [5.41, 5.74) is 1.22. The molecule has 0 saturated carbocycles. The molecule has 88 valence electrons. The van der Waals surface area contributed by atoms with Crippen LogP contribution in [-0.4, -0.2) is 12.6 Å². The van der Waals surface area contributed by atoms with Gasteiger partial charge >= 0.3 is 6.36 Å². The van der Waals surface area contributed by atoms with Crippen molar-refractivity contribution in [2.45, 2.75) is 26.1 Å². The topological polar surface area (TPSA) is 26.3 Å². The first-order chi connectivity index (χ1) is 7.42. The Bertz CT molecular complexity index is 372. The van der Waals surface area contributed by atoms with Gasteiger partial charge in [0.05, 0.1) is 0 Å². The van der Waals surface area contributed by atoms with E-state index in [9.17, 15) is 18.0 Å². The van der Waals surface area contributed by atoms with Gasteiger partial charge in [-0.25, -0.2) is 0 Å². The van der Waals surface area contributed by atoms with Crippen LogP contribution in [-0.2, 0) is 11.2 Å². The summed E-state index contributed by atoms with van der Waals surface area (Å²) in [5, 5.41) is 0. The quantitative estimate of drug-likeness (QED) is 0.746. The number of halogens is 3. The number of hydrogen-bond acceptors (Lipinski definition) is 2. The van der Waals surface area contributed by atoms with Crippen molar-refractivity contribution in [2.75, 3.05) is 0 Å². The van der Waals surface area contributed by atoms with Crippen LogP contribution in [0.2, 0.25) is 0 Å². The molecule has 0 atom stereocenters. The number of alkyl halides is 3.